The Morgan fingerprint density at radius 3 is 2.48 bits per heavy atom. The smallest absolute Gasteiger partial charge is 0.227 e. The number of amides is 1. The lowest BCUT2D eigenvalue weighted by atomic mass is 10.1. The summed E-state index contributed by atoms with van der Waals surface area (Å²) < 4.78 is 1.24. The summed E-state index contributed by atoms with van der Waals surface area (Å²) in [7, 11) is 0. The molecular weight excluding hydrogens is 398 g/mol. The fourth-order valence-electron chi connectivity index (χ4n) is 3.65. The molecule has 0 saturated carbocycles. The number of carbonyl (C=O) groups is 1. The van der Waals surface area contributed by atoms with Gasteiger partial charge in [-0.2, -0.15) is 0 Å². The molecule has 3 aromatic rings. The van der Waals surface area contributed by atoms with Crippen LogP contribution in [0.4, 0.5) is 5.13 Å². The number of anilines is 1. The van der Waals surface area contributed by atoms with Gasteiger partial charge in [0, 0.05) is 31.1 Å². The molecule has 1 amide bonds. The molecule has 29 heavy (non-hydrogen) atoms. The average Bonchev–Trinajstić information content (AvgIpc) is 3.18. The van der Waals surface area contributed by atoms with Crippen molar-refractivity contribution < 1.29 is 4.79 Å². The lowest BCUT2D eigenvalue weighted by molar-refractivity contribution is -0.130. The van der Waals surface area contributed by atoms with Gasteiger partial charge in [-0.25, -0.2) is 4.98 Å². The molecule has 0 aliphatic carbocycles. The van der Waals surface area contributed by atoms with Crippen LogP contribution in [0.3, 0.4) is 0 Å². The number of aryl methyl sites for hydroxylation is 2. The van der Waals surface area contributed by atoms with E-state index in [1.807, 2.05) is 16.7 Å². The molecule has 0 N–H and O–H groups in total. The Morgan fingerprint density at radius 1 is 1.07 bits per heavy atom. The second-order valence-electron chi connectivity index (χ2n) is 7.47. The van der Waals surface area contributed by atoms with E-state index in [4.69, 9.17) is 4.98 Å². The van der Waals surface area contributed by atoms with E-state index in [0.717, 1.165) is 48.1 Å². The highest BCUT2D eigenvalue weighted by Gasteiger charge is 2.23. The van der Waals surface area contributed by atoms with Crippen LogP contribution < -0.4 is 4.90 Å². The summed E-state index contributed by atoms with van der Waals surface area (Å²) in [5.41, 5.74) is 4.76. The van der Waals surface area contributed by atoms with E-state index in [1.54, 1.807) is 11.3 Å². The van der Waals surface area contributed by atoms with Crippen LogP contribution >= 0.6 is 23.1 Å². The summed E-state index contributed by atoms with van der Waals surface area (Å²) in [6.45, 7) is 9.64. The Hall–Kier alpha value is -2.05. The number of hydrogen-bond donors (Lipinski definition) is 0. The minimum atomic E-state index is 0.219. The first-order valence-corrected chi connectivity index (χ1v) is 12.0. The predicted molar refractivity (Wildman–Crippen MR) is 124 cm³/mol. The van der Waals surface area contributed by atoms with Crippen molar-refractivity contribution in [3.05, 3.63) is 53.1 Å². The van der Waals surface area contributed by atoms with Crippen LogP contribution in [-0.4, -0.2) is 47.7 Å². The van der Waals surface area contributed by atoms with Gasteiger partial charge in [0.2, 0.25) is 5.91 Å². The monoisotopic (exact) mass is 425 g/mol. The molecule has 152 valence electrons. The molecule has 1 fully saturated rings. The summed E-state index contributed by atoms with van der Waals surface area (Å²) in [6, 6.07) is 12.7. The lowest BCUT2D eigenvalue weighted by Crippen LogP contribution is -2.49. The topological polar surface area (TPSA) is 36.4 Å². The molecule has 2 aromatic carbocycles. The van der Waals surface area contributed by atoms with Crippen LogP contribution in [0.1, 0.15) is 23.6 Å². The fourth-order valence-corrected chi connectivity index (χ4v) is 5.39. The van der Waals surface area contributed by atoms with Crippen molar-refractivity contribution in [3.8, 4) is 0 Å². The van der Waals surface area contributed by atoms with E-state index in [1.165, 1.54) is 20.7 Å². The van der Waals surface area contributed by atoms with Gasteiger partial charge in [-0.05, 0) is 54.5 Å². The first kappa shape index (κ1) is 20.2. The Bertz CT molecular complexity index is 1000. The van der Waals surface area contributed by atoms with Gasteiger partial charge in [-0.3, -0.25) is 4.79 Å². The van der Waals surface area contributed by atoms with Gasteiger partial charge in [0.15, 0.2) is 5.13 Å². The van der Waals surface area contributed by atoms with Crippen molar-refractivity contribution in [2.45, 2.75) is 32.1 Å². The van der Waals surface area contributed by atoms with Crippen LogP contribution in [0.15, 0.2) is 41.3 Å². The molecule has 0 bridgehead atoms. The van der Waals surface area contributed by atoms with Gasteiger partial charge in [-0.15, -0.1) is 11.8 Å². The number of benzene rings is 2. The van der Waals surface area contributed by atoms with Crippen LogP contribution in [0.25, 0.3) is 10.2 Å². The molecule has 0 radical (unpaired) electrons. The highest BCUT2D eigenvalue weighted by molar-refractivity contribution is 7.99. The summed E-state index contributed by atoms with van der Waals surface area (Å²) in [4.78, 5) is 23.2. The van der Waals surface area contributed by atoms with Gasteiger partial charge < -0.3 is 9.80 Å². The number of piperazine rings is 1. The minimum Gasteiger partial charge on any atom is -0.345 e. The quantitative estimate of drug-likeness (QED) is 0.544. The molecule has 0 spiro atoms. The molecule has 0 atom stereocenters. The molecule has 1 saturated heterocycles. The molecule has 1 aliphatic rings. The highest BCUT2D eigenvalue weighted by Crippen LogP contribution is 2.32. The van der Waals surface area contributed by atoms with Gasteiger partial charge in [0.1, 0.15) is 0 Å². The maximum atomic E-state index is 12.7. The molecular formula is C23H27N3OS2. The normalized spacial score (nSPS) is 14.6. The first-order chi connectivity index (χ1) is 14.0. The van der Waals surface area contributed by atoms with Crippen molar-refractivity contribution in [3.63, 3.8) is 0 Å². The van der Waals surface area contributed by atoms with E-state index in [9.17, 15) is 4.79 Å². The second-order valence-corrected chi connectivity index (χ2v) is 9.82. The number of aromatic nitrogens is 1. The lowest BCUT2D eigenvalue weighted by Gasteiger charge is -2.34. The molecule has 1 aromatic heterocycles. The Labute approximate surface area is 180 Å². The Kier molecular flexibility index (Phi) is 6.11. The van der Waals surface area contributed by atoms with E-state index >= 15 is 0 Å². The zero-order valence-electron chi connectivity index (χ0n) is 17.3. The molecule has 6 heteroatoms. The third kappa shape index (κ3) is 4.43. The summed E-state index contributed by atoms with van der Waals surface area (Å²) in [5, 5.41) is 1.07. The largest absolute Gasteiger partial charge is 0.345 e. The summed E-state index contributed by atoms with van der Waals surface area (Å²) in [5.74, 6) is 1.28. The van der Waals surface area contributed by atoms with Crippen LogP contribution in [0, 0.1) is 13.8 Å². The standard InChI is InChI=1S/C23H27N3OS2/c1-4-28-19-8-6-18(7-9-19)15-21(27)25-11-13-26(14-12-25)23-24-22-17(3)16(2)5-10-20(22)29-23/h5-10H,4,11-15H2,1-3H3. The summed E-state index contributed by atoms with van der Waals surface area (Å²) >= 11 is 3.58. The van der Waals surface area contributed by atoms with Crippen LogP contribution in [-0.2, 0) is 11.2 Å². The molecule has 4 nitrogen and oxygen atoms in total. The number of nitrogens with zero attached hydrogens (tertiary/aromatic N) is 3. The molecule has 0 unspecified atom stereocenters. The average molecular weight is 426 g/mol. The number of rotatable bonds is 5. The van der Waals surface area contributed by atoms with Gasteiger partial charge in [0.25, 0.3) is 0 Å². The van der Waals surface area contributed by atoms with Crippen molar-refractivity contribution >= 4 is 44.4 Å². The van der Waals surface area contributed by atoms with E-state index < -0.39 is 0 Å². The van der Waals surface area contributed by atoms with Crippen molar-refractivity contribution in [1.82, 2.24) is 9.88 Å². The van der Waals surface area contributed by atoms with Crippen molar-refractivity contribution in [2.75, 3.05) is 36.8 Å². The minimum absolute atomic E-state index is 0.219. The Morgan fingerprint density at radius 2 is 1.79 bits per heavy atom. The van der Waals surface area contributed by atoms with E-state index in [0.29, 0.717) is 6.42 Å². The van der Waals surface area contributed by atoms with Gasteiger partial charge in [-0.1, -0.05) is 36.5 Å². The zero-order valence-corrected chi connectivity index (χ0v) is 18.9. The van der Waals surface area contributed by atoms with Gasteiger partial charge >= 0.3 is 0 Å². The van der Waals surface area contributed by atoms with Gasteiger partial charge in [0.05, 0.1) is 16.6 Å². The molecule has 2 heterocycles. The number of fused-ring (bicyclic) bond motifs is 1. The third-order valence-corrected chi connectivity index (χ3v) is 7.54. The van der Waals surface area contributed by atoms with Crippen LogP contribution in [0.2, 0.25) is 0 Å². The van der Waals surface area contributed by atoms with Crippen molar-refractivity contribution in [1.29, 1.82) is 0 Å². The molecule has 4 rings (SSSR count). The number of carbonyl (C=O) groups excluding carboxylic acids is 1. The van der Waals surface area contributed by atoms with E-state index in [-0.39, 0.29) is 5.91 Å². The number of thioether (sulfide) groups is 1. The Balaban J connectivity index is 1.36. The second kappa shape index (κ2) is 8.76. The summed E-state index contributed by atoms with van der Waals surface area (Å²) in [6.07, 6.45) is 0.483. The maximum absolute atomic E-state index is 12.7. The van der Waals surface area contributed by atoms with Crippen molar-refractivity contribution in [2.24, 2.45) is 0 Å². The predicted octanol–water partition coefficient (Wildman–Crippen LogP) is 4.92. The number of thiazole rings is 1. The third-order valence-electron chi connectivity index (χ3n) is 5.57. The maximum Gasteiger partial charge on any atom is 0.227 e. The highest BCUT2D eigenvalue weighted by atomic mass is 32.2. The van der Waals surface area contributed by atoms with E-state index in [2.05, 4.69) is 62.1 Å². The fraction of sp³-hybridized carbons (Fsp3) is 0.391. The number of hydrogen-bond acceptors (Lipinski definition) is 5. The zero-order chi connectivity index (χ0) is 20.4. The SMILES string of the molecule is CCSc1ccc(CC(=O)N2CCN(c3nc4c(C)c(C)ccc4s3)CC2)cc1. The molecule has 1 aliphatic heterocycles. The van der Waals surface area contributed by atoms with Crippen LogP contribution in [0.5, 0.6) is 0 Å². The first-order valence-electron chi connectivity index (χ1n) is 10.2.